The van der Waals surface area contributed by atoms with Gasteiger partial charge < -0.3 is 9.64 Å². The zero-order valence-electron chi connectivity index (χ0n) is 16.7. The van der Waals surface area contributed by atoms with E-state index < -0.39 is 0 Å². The van der Waals surface area contributed by atoms with Crippen LogP contribution in [0, 0.1) is 20.8 Å². The Morgan fingerprint density at radius 3 is 2.52 bits per heavy atom. The maximum atomic E-state index is 13.1. The molecule has 3 aromatic rings. The average Bonchev–Trinajstić information content (AvgIpc) is 2.89. The van der Waals surface area contributed by atoms with Gasteiger partial charge in [0.25, 0.3) is 5.56 Å². The minimum atomic E-state index is 0.0639. The van der Waals surface area contributed by atoms with Crippen molar-refractivity contribution in [1.82, 2.24) is 14.5 Å². The highest BCUT2D eigenvalue weighted by Gasteiger charge is 2.16. The molecule has 0 aliphatic rings. The van der Waals surface area contributed by atoms with E-state index in [1.807, 2.05) is 61.7 Å². The van der Waals surface area contributed by atoms with E-state index in [-0.39, 0.29) is 5.56 Å². The van der Waals surface area contributed by atoms with Crippen LogP contribution in [0.4, 0.5) is 0 Å². The van der Waals surface area contributed by atoms with Crippen LogP contribution < -0.4 is 10.3 Å². The molecule has 2 aromatic heterocycles. The fraction of sp³-hybridized carbons (Fsp3) is 0.429. The number of hydrogen-bond acceptors (Lipinski definition) is 5. The molecule has 3 rings (SSSR count). The van der Waals surface area contributed by atoms with Crippen LogP contribution in [0.1, 0.15) is 28.2 Å². The molecule has 144 valence electrons. The second-order valence-electron chi connectivity index (χ2n) is 7.20. The highest BCUT2D eigenvalue weighted by Crippen LogP contribution is 2.26. The third-order valence-corrected chi connectivity index (χ3v) is 5.74. The summed E-state index contributed by atoms with van der Waals surface area (Å²) in [6.45, 7) is 7.92. The summed E-state index contributed by atoms with van der Waals surface area (Å²) in [7, 11) is 3.98. The Morgan fingerprint density at radius 2 is 1.85 bits per heavy atom. The van der Waals surface area contributed by atoms with E-state index in [0.717, 1.165) is 38.7 Å². The van der Waals surface area contributed by atoms with E-state index in [1.54, 1.807) is 11.3 Å². The number of rotatable bonds is 7. The van der Waals surface area contributed by atoms with E-state index in [1.165, 1.54) is 5.56 Å². The van der Waals surface area contributed by atoms with Gasteiger partial charge in [0.15, 0.2) is 0 Å². The summed E-state index contributed by atoms with van der Waals surface area (Å²) in [5.41, 5.74) is 2.32. The van der Waals surface area contributed by atoms with Gasteiger partial charge in [-0.25, -0.2) is 4.98 Å². The molecule has 0 radical (unpaired) electrons. The zero-order chi connectivity index (χ0) is 19.6. The smallest absolute Gasteiger partial charge is 0.262 e. The van der Waals surface area contributed by atoms with E-state index in [9.17, 15) is 4.79 Å². The minimum Gasteiger partial charge on any atom is -0.494 e. The third-order valence-electron chi connectivity index (χ3n) is 4.64. The lowest BCUT2D eigenvalue weighted by atomic mass is 10.2. The number of hydrogen-bond donors (Lipinski definition) is 0. The predicted molar refractivity (Wildman–Crippen MR) is 112 cm³/mol. The van der Waals surface area contributed by atoms with Crippen molar-refractivity contribution < 1.29 is 4.74 Å². The van der Waals surface area contributed by atoms with Gasteiger partial charge in [-0.3, -0.25) is 9.36 Å². The van der Waals surface area contributed by atoms with Crippen LogP contribution in [0.5, 0.6) is 5.75 Å². The zero-order valence-corrected chi connectivity index (χ0v) is 17.5. The molecule has 5 nitrogen and oxygen atoms in total. The van der Waals surface area contributed by atoms with Gasteiger partial charge >= 0.3 is 0 Å². The molecule has 0 aliphatic heterocycles. The van der Waals surface area contributed by atoms with Gasteiger partial charge in [-0.05, 0) is 59.0 Å². The van der Waals surface area contributed by atoms with Crippen molar-refractivity contribution in [2.24, 2.45) is 0 Å². The Kier molecular flexibility index (Phi) is 5.97. The summed E-state index contributed by atoms with van der Waals surface area (Å²) in [6, 6.07) is 8.03. The summed E-state index contributed by atoms with van der Waals surface area (Å²) in [4.78, 5) is 22.0. The average molecular weight is 386 g/mol. The fourth-order valence-corrected chi connectivity index (χ4v) is 4.09. The van der Waals surface area contributed by atoms with Crippen LogP contribution in [-0.4, -0.2) is 35.2 Å². The van der Waals surface area contributed by atoms with Gasteiger partial charge in [0.2, 0.25) is 0 Å². The van der Waals surface area contributed by atoms with Crippen LogP contribution in [0.15, 0.2) is 29.1 Å². The topological polar surface area (TPSA) is 47.4 Å². The van der Waals surface area contributed by atoms with Gasteiger partial charge in [-0.1, -0.05) is 17.7 Å². The molecule has 0 fully saturated rings. The van der Waals surface area contributed by atoms with Crippen molar-refractivity contribution in [3.8, 4) is 5.75 Å². The molecule has 0 unspecified atom stereocenters. The Morgan fingerprint density at radius 1 is 1.15 bits per heavy atom. The van der Waals surface area contributed by atoms with Crippen LogP contribution >= 0.6 is 11.3 Å². The maximum absolute atomic E-state index is 13.1. The number of nitrogens with zero attached hydrogens (tertiary/aromatic N) is 3. The monoisotopic (exact) mass is 385 g/mol. The molecular weight excluding hydrogens is 358 g/mol. The summed E-state index contributed by atoms with van der Waals surface area (Å²) in [6.07, 6.45) is 0.754. The van der Waals surface area contributed by atoms with Gasteiger partial charge in [0.1, 0.15) is 16.4 Å². The number of benzene rings is 1. The number of aryl methyl sites for hydroxylation is 3. The predicted octanol–water partition coefficient (Wildman–Crippen LogP) is 3.91. The Labute approximate surface area is 164 Å². The Hall–Kier alpha value is -2.18. The molecule has 0 N–H and O–H groups in total. The van der Waals surface area contributed by atoms with Gasteiger partial charge in [-0.2, -0.15) is 0 Å². The molecule has 0 saturated heterocycles. The van der Waals surface area contributed by atoms with Crippen molar-refractivity contribution in [3.05, 3.63) is 56.4 Å². The maximum Gasteiger partial charge on any atom is 0.262 e. The van der Waals surface area contributed by atoms with E-state index >= 15 is 0 Å². The molecule has 0 amide bonds. The molecule has 2 heterocycles. The molecule has 0 bridgehead atoms. The SMILES string of the molecule is Cc1ccc(OCCCn2c(CN(C)C)nc3sc(C)c(C)c3c2=O)cc1. The van der Waals surface area contributed by atoms with Crippen LogP contribution in [0.25, 0.3) is 10.2 Å². The highest BCUT2D eigenvalue weighted by molar-refractivity contribution is 7.18. The summed E-state index contributed by atoms with van der Waals surface area (Å²) < 4.78 is 7.63. The molecule has 1 aromatic carbocycles. The molecule has 0 saturated carbocycles. The lowest BCUT2D eigenvalue weighted by Crippen LogP contribution is -2.29. The molecule has 0 spiro atoms. The molecule has 0 atom stereocenters. The first kappa shape index (κ1) is 19.6. The quantitative estimate of drug-likeness (QED) is 0.579. The number of fused-ring (bicyclic) bond motifs is 1. The Bertz CT molecular complexity index is 987. The minimum absolute atomic E-state index is 0.0639. The van der Waals surface area contributed by atoms with Crippen molar-refractivity contribution in [2.75, 3.05) is 20.7 Å². The molecule has 6 heteroatoms. The second kappa shape index (κ2) is 8.23. The first-order valence-electron chi connectivity index (χ1n) is 9.20. The van der Waals surface area contributed by atoms with Crippen LogP contribution in [0.2, 0.25) is 0 Å². The first-order chi connectivity index (χ1) is 12.9. The van der Waals surface area contributed by atoms with Crippen LogP contribution in [-0.2, 0) is 13.1 Å². The first-order valence-corrected chi connectivity index (χ1v) is 10.0. The lowest BCUT2D eigenvalue weighted by molar-refractivity contribution is 0.297. The largest absolute Gasteiger partial charge is 0.494 e. The normalized spacial score (nSPS) is 11.5. The van der Waals surface area contributed by atoms with Crippen molar-refractivity contribution in [2.45, 2.75) is 40.3 Å². The number of aromatic nitrogens is 2. The van der Waals surface area contributed by atoms with E-state index in [2.05, 4.69) is 6.92 Å². The van der Waals surface area contributed by atoms with Crippen LogP contribution in [0.3, 0.4) is 0 Å². The second-order valence-corrected chi connectivity index (χ2v) is 8.40. The molecular formula is C21H27N3O2S. The van der Waals surface area contributed by atoms with E-state index in [4.69, 9.17) is 9.72 Å². The van der Waals surface area contributed by atoms with Crippen molar-refractivity contribution in [1.29, 1.82) is 0 Å². The van der Waals surface area contributed by atoms with Gasteiger partial charge in [0.05, 0.1) is 18.5 Å². The number of thiophene rings is 1. The van der Waals surface area contributed by atoms with Crippen molar-refractivity contribution >= 4 is 21.6 Å². The molecule has 27 heavy (non-hydrogen) atoms. The highest BCUT2D eigenvalue weighted by atomic mass is 32.1. The summed E-state index contributed by atoms with van der Waals surface area (Å²) in [5, 5.41) is 0.763. The summed E-state index contributed by atoms with van der Waals surface area (Å²) in [5.74, 6) is 1.67. The van der Waals surface area contributed by atoms with Gasteiger partial charge in [0, 0.05) is 11.4 Å². The van der Waals surface area contributed by atoms with Gasteiger partial charge in [-0.15, -0.1) is 11.3 Å². The van der Waals surface area contributed by atoms with Crippen molar-refractivity contribution in [3.63, 3.8) is 0 Å². The fourth-order valence-electron chi connectivity index (χ4n) is 3.05. The number of ether oxygens (including phenoxy) is 1. The standard InChI is InChI=1S/C21H27N3O2S/c1-14-7-9-17(10-8-14)26-12-6-11-24-18(13-23(4)5)22-20-19(21(24)25)15(2)16(3)27-20/h7-10H,6,11-13H2,1-5H3. The third kappa shape index (κ3) is 4.39. The van der Waals surface area contributed by atoms with E-state index in [0.29, 0.717) is 19.7 Å². The lowest BCUT2D eigenvalue weighted by Gasteiger charge is -2.16. The summed E-state index contributed by atoms with van der Waals surface area (Å²) >= 11 is 1.60. The Balaban J connectivity index is 1.80. The molecule has 0 aliphatic carbocycles.